The van der Waals surface area contributed by atoms with Crippen LogP contribution in [0.4, 0.5) is 17.2 Å². The molecule has 0 saturated carbocycles. The molecule has 10 nitrogen and oxygen atoms in total. The molecule has 3 N–H and O–H groups in total. The van der Waals surface area contributed by atoms with Crippen molar-refractivity contribution in [1.29, 1.82) is 5.26 Å². The summed E-state index contributed by atoms with van der Waals surface area (Å²) in [6.07, 6.45) is 8.89. The van der Waals surface area contributed by atoms with Gasteiger partial charge in [0.05, 0.1) is 36.4 Å². The number of rotatable bonds is 4. The van der Waals surface area contributed by atoms with Gasteiger partial charge >= 0.3 is 5.97 Å². The highest BCUT2D eigenvalue weighted by Crippen LogP contribution is 2.33. The molecule has 1 fully saturated rings. The molecule has 170 valence electrons. The van der Waals surface area contributed by atoms with Crippen molar-refractivity contribution in [3.05, 3.63) is 47.9 Å². The number of anilines is 2. The lowest BCUT2D eigenvalue weighted by atomic mass is 10.00. The van der Waals surface area contributed by atoms with Crippen molar-refractivity contribution in [2.24, 2.45) is 16.6 Å². The molecular weight excluding hydrogens is 420 g/mol. The standard InChI is InChI=1S/C23H26N8O2/c1-15(2)20-13-29(21-12-26-18(11-27-21)22(32)33)9-10-31(20)23(25)28-17-6-3-7-19-16(17)5-4-8-30(19)14-24/h3-7,11-12,15,20H,8-10,13H2,1-2H3,(H2,25,28)(H,32,33). The van der Waals surface area contributed by atoms with Crippen LogP contribution in [0.3, 0.4) is 0 Å². The maximum atomic E-state index is 11.1. The number of carbonyl (C=O) groups is 1. The molecule has 0 amide bonds. The number of nitrogens with two attached hydrogens (primary N) is 1. The lowest BCUT2D eigenvalue weighted by Gasteiger charge is -2.44. The van der Waals surface area contributed by atoms with Gasteiger partial charge in [-0.2, -0.15) is 5.26 Å². The number of aromatic carboxylic acids is 1. The van der Waals surface area contributed by atoms with E-state index in [1.165, 1.54) is 12.4 Å². The molecule has 1 saturated heterocycles. The van der Waals surface area contributed by atoms with E-state index in [-0.39, 0.29) is 17.7 Å². The summed E-state index contributed by atoms with van der Waals surface area (Å²) >= 11 is 0. The molecule has 0 bridgehead atoms. The molecule has 0 radical (unpaired) electrons. The van der Waals surface area contributed by atoms with Gasteiger partial charge in [0.15, 0.2) is 17.8 Å². The number of carboxylic acid groups (broad SMARTS) is 1. The number of benzene rings is 1. The zero-order valence-electron chi connectivity index (χ0n) is 18.6. The monoisotopic (exact) mass is 446 g/mol. The first-order valence-corrected chi connectivity index (χ1v) is 10.8. The summed E-state index contributed by atoms with van der Waals surface area (Å²) < 4.78 is 0. The van der Waals surface area contributed by atoms with Crippen molar-refractivity contribution < 1.29 is 9.90 Å². The molecule has 1 atom stereocenters. The first kappa shape index (κ1) is 22.1. The Hall–Kier alpha value is -4.13. The average Bonchev–Trinajstić information content (AvgIpc) is 2.83. The van der Waals surface area contributed by atoms with Crippen LogP contribution in [-0.2, 0) is 0 Å². The Morgan fingerprint density at radius 3 is 2.79 bits per heavy atom. The van der Waals surface area contributed by atoms with Crippen molar-refractivity contribution >= 4 is 35.2 Å². The molecule has 1 unspecified atom stereocenters. The van der Waals surface area contributed by atoms with Gasteiger partial charge in [-0.05, 0) is 18.1 Å². The third kappa shape index (κ3) is 4.43. The van der Waals surface area contributed by atoms with E-state index in [0.29, 0.717) is 38.0 Å². The minimum Gasteiger partial charge on any atom is -0.476 e. The summed E-state index contributed by atoms with van der Waals surface area (Å²) in [5, 5.41) is 18.4. The predicted octanol–water partition coefficient (Wildman–Crippen LogP) is 2.28. The number of piperazine rings is 1. The fourth-order valence-electron chi connectivity index (χ4n) is 4.17. The smallest absolute Gasteiger partial charge is 0.356 e. The van der Waals surface area contributed by atoms with E-state index in [0.717, 1.165) is 16.9 Å². The number of aliphatic imine (C=N–C) groups is 1. The Morgan fingerprint density at radius 2 is 2.12 bits per heavy atom. The van der Waals surface area contributed by atoms with Crippen LogP contribution in [0.15, 0.2) is 41.7 Å². The van der Waals surface area contributed by atoms with Gasteiger partial charge < -0.3 is 20.6 Å². The van der Waals surface area contributed by atoms with E-state index in [2.05, 4.69) is 39.8 Å². The molecule has 10 heteroatoms. The molecule has 3 heterocycles. The second-order valence-electron chi connectivity index (χ2n) is 8.31. The third-order valence-electron chi connectivity index (χ3n) is 5.94. The van der Waals surface area contributed by atoms with Crippen LogP contribution in [0.2, 0.25) is 0 Å². The Balaban J connectivity index is 1.57. The first-order valence-electron chi connectivity index (χ1n) is 10.8. The van der Waals surface area contributed by atoms with Crippen molar-refractivity contribution in [3.8, 4) is 6.19 Å². The number of guanidine groups is 1. The first-order chi connectivity index (χ1) is 15.9. The molecule has 4 rings (SSSR count). The van der Waals surface area contributed by atoms with Gasteiger partial charge in [-0.15, -0.1) is 0 Å². The fourth-order valence-corrected chi connectivity index (χ4v) is 4.17. The van der Waals surface area contributed by atoms with Crippen molar-refractivity contribution in [2.45, 2.75) is 19.9 Å². The number of hydrogen-bond acceptors (Lipinski definition) is 7. The number of carboxylic acids is 1. The molecule has 2 aliphatic heterocycles. The summed E-state index contributed by atoms with van der Waals surface area (Å²) in [5.74, 6) is 0.251. The fraction of sp³-hybridized carbons (Fsp3) is 0.348. The Morgan fingerprint density at radius 1 is 1.30 bits per heavy atom. The highest BCUT2D eigenvalue weighted by Gasteiger charge is 2.31. The van der Waals surface area contributed by atoms with Crippen LogP contribution in [0.5, 0.6) is 0 Å². The van der Waals surface area contributed by atoms with E-state index in [1.54, 1.807) is 4.90 Å². The van der Waals surface area contributed by atoms with Gasteiger partial charge in [0.25, 0.3) is 0 Å². The number of nitriles is 1. The van der Waals surface area contributed by atoms with Crippen LogP contribution in [0, 0.1) is 17.4 Å². The quantitative estimate of drug-likeness (QED) is 0.412. The molecule has 0 aliphatic carbocycles. The average molecular weight is 447 g/mol. The van der Waals surface area contributed by atoms with Gasteiger partial charge in [0.2, 0.25) is 0 Å². The van der Waals surface area contributed by atoms with Gasteiger partial charge in [-0.1, -0.05) is 32.1 Å². The molecule has 2 aliphatic rings. The van der Waals surface area contributed by atoms with Gasteiger partial charge in [0.1, 0.15) is 5.82 Å². The van der Waals surface area contributed by atoms with Crippen molar-refractivity contribution in [1.82, 2.24) is 14.9 Å². The Labute approximate surface area is 192 Å². The molecule has 0 spiro atoms. The SMILES string of the molecule is CC(C)C1CN(c2cnc(C(=O)O)cn2)CCN1C(N)=Nc1cccc2c1C=CCN2C#N. The highest BCUT2D eigenvalue weighted by atomic mass is 16.4. The largest absolute Gasteiger partial charge is 0.476 e. The Kier molecular flexibility index (Phi) is 6.13. The van der Waals surface area contributed by atoms with Crippen LogP contribution in [0.25, 0.3) is 6.08 Å². The zero-order valence-corrected chi connectivity index (χ0v) is 18.6. The molecule has 1 aromatic carbocycles. The Bertz CT molecular complexity index is 1140. The third-order valence-corrected chi connectivity index (χ3v) is 5.94. The van der Waals surface area contributed by atoms with E-state index < -0.39 is 5.97 Å². The molecular formula is C23H26N8O2. The van der Waals surface area contributed by atoms with E-state index >= 15 is 0 Å². The summed E-state index contributed by atoms with van der Waals surface area (Å²) in [5.41, 5.74) is 8.85. The van der Waals surface area contributed by atoms with Crippen LogP contribution in [0.1, 0.15) is 29.9 Å². The summed E-state index contributed by atoms with van der Waals surface area (Å²) in [4.78, 5) is 29.9. The topological polar surface area (TPSA) is 135 Å². The maximum Gasteiger partial charge on any atom is 0.356 e. The van der Waals surface area contributed by atoms with E-state index in [9.17, 15) is 10.1 Å². The number of aromatic nitrogens is 2. The van der Waals surface area contributed by atoms with Crippen LogP contribution in [-0.4, -0.2) is 64.1 Å². The summed E-state index contributed by atoms with van der Waals surface area (Å²) in [7, 11) is 0. The van der Waals surface area contributed by atoms with Gasteiger partial charge in [0, 0.05) is 25.2 Å². The zero-order chi connectivity index (χ0) is 23.5. The van der Waals surface area contributed by atoms with Gasteiger partial charge in [-0.25, -0.2) is 19.8 Å². The number of nitrogens with zero attached hydrogens (tertiary/aromatic N) is 7. The molecule has 1 aromatic heterocycles. The normalized spacial score (nSPS) is 18.3. The van der Waals surface area contributed by atoms with Crippen LogP contribution < -0.4 is 15.5 Å². The van der Waals surface area contributed by atoms with Gasteiger partial charge in [-0.3, -0.25) is 4.90 Å². The van der Waals surface area contributed by atoms with E-state index in [4.69, 9.17) is 15.8 Å². The lowest BCUT2D eigenvalue weighted by Crippen LogP contribution is -2.59. The lowest BCUT2D eigenvalue weighted by molar-refractivity contribution is 0.0690. The molecule has 33 heavy (non-hydrogen) atoms. The second kappa shape index (κ2) is 9.16. The number of hydrogen-bond donors (Lipinski definition) is 2. The van der Waals surface area contributed by atoms with Crippen LogP contribution >= 0.6 is 0 Å². The van der Waals surface area contributed by atoms with E-state index in [1.807, 2.05) is 30.4 Å². The van der Waals surface area contributed by atoms with Crippen molar-refractivity contribution in [2.75, 3.05) is 36.0 Å². The maximum absolute atomic E-state index is 11.1. The summed E-state index contributed by atoms with van der Waals surface area (Å²) in [6, 6.07) is 5.76. The second-order valence-corrected chi connectivity index (χ2v) is 8.31. The minimum atomic E-state index is -1.10. The summed E-state index contributed by atoms with van der Waals surface area (Å²) in [6.45, 7) is 6.74. The predicted molar refractivity (Wildman–Crippen MR) is 126 cm³/mol. The minimum absolute atomic E-state index is 0.0779. The highest BCUT2D eigenvalue weighted by molar-refractivity contribution is 5.87. The number of fused-ring (bicyclic) bond motifs is 1. The van der Waals surface area contributed by atoms with Crippen molar-refractivity contribution in [3.63, 3.8) is 0 Å². The molecule has 2 aromatic rings.